The van der Waals surface area contributed by atoms with Gasteiger partial charge in [-0.2, -0.15) is 0 Å². The minimum absolute atomic E-state index is 0.563. The van der Waals surface area contributed by atoms with Crippen LogP contribution in [-0.4, -0.2) is 13.7 Å². The number of hydrogen-bond donors (Lipinski definition) is 1. The van der Waals surface area contributed by atoms with Crippen LogP contribution in [0.2, 0.25) is 5.02 Å². The normalized spacial score (nSPS) is 10.9. The summed E-state index contributed by atoms with van der Waals surface area (Å²) in [7, 11) is 1.62. The highest BCUT2D eigenvalue weighted by molar-refractivity contribution is 6.35. The van der Waals surface area contributed by atoms with E-state index < -0.39 is 0 Å². The van der Waals surface area contributed by atoms with Crippen LogP contribution in [0.25, 0.3) is 11.0 Å². The van der Waals surface area contributed by atoms with Gasteiger partial charge in [0.15, 0.2) is 5.58 Å². The first-order chi connectivity index (χ1) is 7.27. The van der Waals surface area contributed by atoms with Gasteiger partial charge in [0.05, 0.1) is 18.4 Å². The number of furan rings is 1. The van der Waals surface area contributed by atoms with E-state index in [9.17, 15) is 0 Å². The van der Waals surface area contributed by atoms with E-state index in [1.54, 1.807) is 19.4 Å². The third-order valence-corrected chi connectivity index (χ3v) is 2.66. The molecule has 2 N–H and O–H groups in total. The molecule has 1 aromatic heterocycles. The van der Waals surface area contributed by atoms with Gasteiger partial charge in [-0.15, -0.1) is 0 Å². The van der Waals surface area contributed by atoms with E-state index >= 15 is 0 Å². The molecule has 0 saturated carbocycles. The van der Waals surface area contributed by atoms with Crippen molar-refractivity contribution in [2.45, 2.75) is 6.42 Å². The standard InChI is InChI=1S/C11H12ClNO2/c1-14-10-6-9(12)11-8(3-5-15-11)7(10)2-4-13/h3,5-6H,2,4,13H2,1H3. The highest BCUT2D eigenvalue weighted by Gasteiger charge is 2.13. The molecule has 0 spiro atoms. The van der Waals surface area contributed by atoms with Crippen LogP contribution in [0.4, 0.5) is 0 Å². The third-order valence-electron chi connectivity index (χ3n) is 2.38. The van der Waals surface area contributed by atoms with Gasteiger partial charge in [0, 0.05) is 17.0 Å². The topological polar surface area (TPSA) is 48.4 Å². The molecule has 3 nitrogen and oxygen atoms in total. The van der Waals surface area contributed by atoms with E-state index in [2.05, 4.69) is 0 Å². The van der Waals surface area contributed by atoms with Crippen LogP contribution < -0.4 is 10.5 Å². The van der Waals surface area contributed by atoms with Gasteiger partial charge in [-0.05, 0) is 19.0 Å². The summed E-state index contributed by atoms with van der Waals surface area (Å²) in [5, 5.41) is 1.54. The summed E-state index contributed by atoms with van der Waals surface area (Å²) in [6, 6.07) is 3.65. The fourth-order valence-electron chi connectivity index (χ4n) is 1.72. The van der Waals surface area contributed by atoms with Crippen LogP contribution >= 0.6 is 11.6 Å². The molecule has 0 radical (unpaired) electrons. The summed E-state index contributed by atoms with van der Waals surface area (Å²) in [6.45, 7) is 0.568. The van der Waals surface area contributed by atoms with Crippen LogP contribution in [0.15, 0.2) is 22.8 Å². The SMILES string of the molecule is COc1cc(Cl)c2occc2c1CCN. The Hall–Kier alpha value is -1.19. The summed E-state index contributed by atoms with van der Waals surface area (Å²) in [6.07, 6.45) is 2.37. The van der Waals surface area contributed by atoms with Crippen molar-refractivity contribution < 1.29 is 9.15 Å². The van der Waals surface area contributed by atoms with Crippen molar-refractivity contribution in [1.82, 2.24) is 0 Å². The number of benzene rings is 1. The molecular formula is C11H12ClNO2. The molecule has 0 fully saturated rings. The molecule has 0 bridgehead atoms. The van der Waals surface area contributed by atoms with Gasteiger partial charge in [0.2, 0.25) is 0 Å². The number of halogens is 1. The van der Waals surface area contributed by atoms with Crippen molar-refractivity contribution in [1.29, 1.82) is 0 Å². The summed E-state index contributed by atoms with van der Waals surface area (Å²) in [4.78, 5) is 0. The van der Waals surface area contributed by atoms with Crippen LogP contribution in [-0.2, 0) is 6.42 Å². The van der Waals surface area contributed by atoms with Gasteiger partial charge >= 0.3 is 0 Å². The van der Waals surface area contributed by atoms with Gasteiger partial charge in [-0.3, -0.25) is 0 Å². The molecule has 0 unspecified atom stereocenters. The second-order valence-corrected chi connectivity index (χ2v) is 3.65. The predicted molar refractivity (Wildman–Crippen MR) is 60.5 cm³/mol. The zero-order valence-corrected chi connectivity index (χ0v) is 9.17. The number of methoxy groups -OCH3 is 1. The van der Waals surface area contributed by atoms with Crippen molar-refractivity contribution in [2.75, 3.05) is 13.7 Å². The van der Waals surface area contributed by atoms with E-state index in [1.807, 2.05) is 6.07 Å². The lowest BCUT2D eigenvalue weighted by Crippen LogP contribution is -2.04. The minimum Gasteiger partial charge on any atom is -0.496 e. The highest BCUT2D eigenvalue weighted by Crippen LogP contribution is 2.34. The smallest absolute Gasteiger partial charge is 0.152 e. The summed E-state index contributed by atoms with van der Waals surface area (Å²) in [5.41, 5.74) is 7.31. The molecule has 1 heterocycles. The molecule has 2 rings (SSSR count). The molecule has 0 amide bonds. The summed E-state index contributed by atoms with van der Waals surface area (Å²) in [5.74, 6) is 0.763. The number of fused-ring (bicyclic) bond motifs is 1. The Bertz CT molecular complexity index is 479. The zero-order chi connectivity index (χ0) is 10.8. The summed E-state index contributed by atoms with van der Waals surface area (Å²) >= 11 is 6.05. The molecule has 1 aromatic carbocycles. The number of nitrogens with two attached hydrogens (primary N) is 1. The van der Waals surface area contributed by atoms with Crippen LogP contribution in [0.5, 0.6) is 5.75 Å². The van der Waals surface area contributed by atoms with Gasteiger partial charge < -0.3 is 14.9 Å². The molecule has 15 heavy (non-hydrogen) atoms. The largest absolute Gasteiger partial charge is 0.496 e. The molecule has 2 aromatic rings. The fourth-order valence-corrected chi connectivity index (χ4v) is 1.96. The average Bonchev–Trinajstić information content (AvgIpc) is 2.71. The summed E-state index contributed by atoms with van der Waals surface area (Å²) < 4.78 is 10.6. The van der Waals surface area contributed by atoms with E-state index in [0.29, 0.717) is 17.2 Å². The highest BCUT2D eigenvalue weighted by atomic mass is 35.5. The lowest BCUT2D eigenvalue weighted by molar-refractivity contribution is 0.410. The maximum absolute atomic E-state index is 6.05. The Labute approximate surface area is 92.8 Å². The maximum Gasteiger partial charge on any atom is 0.152 e. The molecule has 0 aliphatic heterocycles. The molecular weight excluding hydrogens is 214 g/mol. The number of hydrogen-bond acceptors (Lipinski definition) is 3. The second kappa shape index (κ2) is 4.13. The van der Waals surface area contributed by atoms with E-state index in [0.717, 1.165) is 23.1 Å². The van der Waals surface area contributed by atoms with E-state index in [4.69, 9.17) is 26.5 Å². The van der Waals surface area contributed by atoms with Crippen molar-refractivity contribution in [3.8, 4) is 5.75 Å². The Kier molecular flexibility index (Phi) is 2.84. The van der Waals surface area contributed by atoms with Gasteiger partial charge in [-0.1, -0.05) is 11.6 Å². The monoisotopic (exact) mass is 225 g/mol. The van der Waals surface area contributed by atoms with Crippen molar-refractivity contribution in [2.24, 2.45) is 5.73 Å². The molecule has 0 saturated heterocycles. The quantitative estimate of drug-likeness (QED) is 0.874. The van der Waals surface area contributed by atoms with E-state index in [-0.39, 0.29) is 0 Å². The third kappa shape index (κ3) is 1.68. The maximum atomic E-state index is 6.05. The first-order valence-electron chi connectivity index (χ1n) is 4.70. The second-order valence-electron chi connectivity index (χ2n) is 3.24. The average molecular weight is 226 g/mol. The fraction of sp³-hybridized carbons (Fsp3) is 0.273. The molecule has 0 atom stereocenters. The molecule has 0 aliphatic carbocycles. The number of ether oxygens (including phenoxy) is 1. The first kappa shape index (κ1) is 10.3. The molecule has 4 heteroatoms. The van der Waals surface area contributed by atoms with Crippen LogP contribution in [0, 0.1) is 0 Å². The van der Waals surface area contributed by atoms with Crippen molar-refractivity contribution in [3.05, 3.63) is 29.0 Å². The Balaban J connectivity index is 2.71. The van der Waals surface area contributed by atoms with E-state index in [1.165, 1.54) is 0 Å². The lowest BCUT2D eigenvalue weighted by atomic mass is 10.1. The van der Waals surface area contributed by atoms with Crippen LogP contribution in [0.1, 0.15) is 5.56 Å². The lowest BCUT2D eigenvalue weighted by Gasteiger charge is -2.09. The molecule has 0 aliphatic rings. The van der Waals surface area contributed by atoms with Gasteiger partial charge in [0.1, 0.15) is 5.75 Å². The first-order valence-corrected chi connectivity index (χ1v) is 5.08. The predicted octanol–water partition coefficient (Wildman–Crippen LogP) is 2.60. The van der Waals surface area contributed by atoms with Crippen molar-refractivity contribution in [3.63, 3.8) is 0 Å². The Morgan fingerprint density at radius 3 is 3.00 bits per heavy atom. The van der Waals surface area contributed by atoms with Gasteiger partial charge in [-0.25, -0.2) is 0 Å². The van der Waals surface area contributed by atoms with Gasteiger partial charge in [0.25, 0.3) is 0 Å². The molecule has 80 valence electrons. The van der Waals surface area contributed by atoms with Crippen LogP contribution in [0.3, 0.4) is 0 Å². The zero-order valence-electron chi connectivity index (χ0n) is 8.42. The minimum atomic E-state index is 0.563. The number of rotatable bonds is 3. The van der Waals surface area contributed by atoms with Crippen molar-refractivity contribution >= 4 is 22.6 Å². The Morgan fingerprint density at radius 2 is 2.33 bits per heavy atom. The Morgan fingerprint density at radius 1 is 1.53 bits per heavy atom.